The first-order chi connectivity index (χ1) is 26.4. The molecule has 0 N–H and O–H groups in total. The van der Waals surface area contributed by atoms with Crippen LogP contribution in [0.5, 0.6) is 0 Å². The van der Waals surface area contributed by atoms with Gasteiger partial charge in [-0.25, -0.2) is 4.39 Å². The third-order valence-corrected chi connectivity index (χ3v) is 16.9. The third-order valence-electron chi connectivity index (χ3n) is 12.1. The Hall–Kier alpha value is -6.03. The first kappa shape index (κ1) is 32.6. The number of halogens is 1. The predicted octanol–water partition coefficient (Wildman–Crippen LogP) is 10.1. The summed E-state index contributed by atoms with van der Waals surface area (Å²) in [5.74, 6) is -0.214. The molecule has 0 atom stereocenters. The zero-order valence-corrected chi connectivity index (χ0v) is 31.6. The van der Waals surface area contributed by atoms with Crippen LogP contribution in [-0.4, -0.2) is 12.6 Å². The highest BCUT2D eigenvalue weighted by molar-refractivity contribution is 7.19. The zero-order chi connectivity index (χ0) is 36.4. The number of aromatic nitrogens is 1. The summed E-state index contributed by atoms with van der Waals surface area (Å²) < 4.78 is 16.2. The Balaban J connectivity index is 1.11. The largest absolute Gasteiger partial charge is 0.313 e. The Kier molecular flexibility index (Phi) is 7.57. The Morgan fingerprint density at radius 2 is 1.11 bits per heavy atom. The number of nitrogens with zero attached hydrogens (tertiary/aromatic N) is 1. The van der Waals surface area contributed by atoms with Crippen LogP contribution in [0.2, 0.25) is 0 Å². The minimum atomic E-state index is -2.66. The van der Waals surface area contributed by atoms with Gasteiger partial charge in [-0.2, -0.15) is 0 Å². The van der Waals surface area contributed by atoms with Crippen LogP contribution in [0.3, 0.4) is 0 Å². The Morgan fingerprint density at radius 3 is 1.74 bits per heavy atom. The fourth-order valence-corrected chi connectivity index (χ4v) is 14.3. The van der Waals surface area contributed by atoms with Gasteiger partial charge < -0.3 is 4.57 Å². The average molecular weight is 714 g/mol. The topological polar surface area (TPSA) is 4.93 Å². The van der Waals surface area contributed by atoms with Crippen molar-refractivity contribution < 1.29 is 4.39 Å². The van der Waals surface area contributed by atoms with Crippen LogP contribution in [0.4, 0.5) is 4.39 Å². The van der Waals surface area contributed by atoms with Crippen LogP contribution < -0.4 is 20.7 Å². The number of hydrogen-bond acceptors (Lipinski definition) is 0. The molecule has 0 aliphatic heterocycles. The number of hydrogen-bond donors (Lipinski definition) is 0. The van der Waals surface area contributed by atoms with Crippen molar-refractivity contribution in [2.24, 2.45) is 0 Å². The van der Waals surface area contributed by atoms with Gasteiger partial charge in [-0.1, -0.05) is 153 Å². The molecule has 0 saturated carbocycles. The first-order valence-corrected chi connectivity index (χ1v) is 21.0. The van der Waals surface area contributed by atoms with E-state index < -0.39 is 8.07 Å². The summed E-state index contributed by atoms with van der Waals surface area (Å²) >= 11 is 0. The maximum Gasteiger partial charge on any atom is 0.179 e. The number of benzene rings is 7. The van der Waals surface area contributed by atoms with Gasteiger partial charge in [0.1, 0.15) is 5.82 Å². The van der Waals surface area contributed by atoms with E-state index in [1.807, 2.05) is 12.1 Å². The van der Waals surface area contributed by atoms with Crippen LogP contribution in [0.25, 0.3) is 44.9 Å². The molecule has 260 valence electrons. The molecule has 0 fully saturated rings. The smallest absolute Gasteiger partial charge is 0.179 e. The second-order valence-electron chi connectivity index (χ2n) is 15.3. The van der Waals surface area contributed by atoms with Gasteiger partial charge in [0.25, 0.3) is 0 Å². The number of fused-ring (bicyclic) bond motifs is 6. The predicted molar refractivity (Wildman–Crippen MR) is 227 cm³/mol. The molecule has 0 spiro atoms. The van der Waals surface area contributed by atoms with Crippen molar-refractivity contribution in [3.8, 4) is 27.9 Å². The lowest BCUT2D eigenvalue weighted by Gasteiger charge is -2.35. The molecule has 0 unspecified atom stereocenters. The molecule has 0 bridgehead atoms. The molecule has 1 nitrogen and oxygen atoms in total. The van der Waals surface area contributed by atoms with E-state index >= 15 is 0 Å². The minimum absolute atomic E-state index is 0.196. The number of rotatable bonds is 6. The van der Waals surface area contributed by atoms with E-state index in [9.17, 15) is 4.39 Å². The summed E-state index contributed by atoms with van der Waals surface area (Å²) in [4.78, 5) is 0. The summed E-state index contributed by atoms with van der Waals surface area (Å²) in [6, 6.07) is 61.8. The van der Waals surface area contributed by atoms with E-state index in [1.54, 1.807) is 12.1 Å². The van der Waals surface area contributed by atoms with Crippen molar-refractivity contribution >= 4 is 45.8 Å². The molecular weight excluding hydrogens is 674 g/mol. The molecule has 1 aromatic heterocycles. The van der Waals surface area contributed by atoms with Gasteiger partial charge in [0.15, 0.2) is 8.07 Å². The summed E-state index contributed by atoms with van der Waals surface area (Å²) in [6.07, 6.45) is 6.51. The van der Waals surface area contributed by atoms with E-state index in [2.05, 4.69) is 176 Å². The van der Waals surface area contributed by atoms with Crippen molar-refractivity contribution in [3.05, 3.63) is 204 Å². The van der Waals surface area contributed by atoms with Crippen molar-refractivity contribution in [1.29, 1.82) is 0 Å². The molecule has 0 radical (unpaired) electrons. The summed E-state index contributed by atoms with van der Waals surface area (Å²) in [7, 11) is -2.66. The third kappa shape index (κ3) is 4.88. The van der Waals surface area contributed by atoms with E-state index in [4.69, 9.17) is 0 Å². The molecule has 7 aromatic carbocycles. The van der Waals surface area contributed by atoms with Crippen molar-refractivity contribution in [3.63, 3.8) is 0 Å². The van der Waals surface area contributed by atoms with Crippen molar-refractivity contribution in [2.75, 3.05) is 0 Å². The highest BCUT2D eigenvalue weighted by Crippen LogP contribution is 2.49. The lowest BCUT2D eigenvalue weighted by molar-refractivity contribution is 0.627. The number of allylic oxidation sites excluding steroid dienone is 1. The Morgan fingerprint density at radius 1 is 0.556 bits per heavy atom. The highest BCUT2D eigenvalue weighted by atomic mass is 28.3. The average Bonchev–Trinajstić information content (AvgIpc) is 3.67. The minimum Gasteiger partial charge on any atom is -0.313 e. The molecule has 0 amide bonds. The highest BCUT2D eigenvalue weighted by Gasteiger charge is 2.44. The molecule has 2 aliphatic rings. The van der Waals surface area contributed by atoms with Crippen molar-refractivity contribution in [1.82, 2.24) is 4.57 Å². The molecule has 8 aromatic rings. The van der Waals surface area contributed by atoms with Gasteiger partial charge in [0, 0.05) is 27.7 Å². The van der Waals surface area contributed by atoms with Gasteiger partial charge in [-0.3, -0.25) is 0 Å². The van der Waals surface area contributed by atoms with E-state index in [0.29, 0.717) is 0 Å². The Labute approximate surface area is 317 Å². The standard InChI is InChI=1S/C51H40FNSi/c1-51(2)47-33-36(35-23-31-50-46(32-35)45-20-12-13-21-49(45)53(50)38-26-24-37(52)25-27-38)22-29-43(47)44-30-28-42(34-48(44)51)54(39-14-6-3-7-15-39,40-16-8-4-9-17-40)41-18-10-5-11-19-41/h3-12,14-20,22-34H,13,21H2,1-2H3. The fraction of sp³-hybridized carbons (Fsp3) is 0.0980. The molecule has 54 heavy (non-hydrogen) atoms. The quantitative estimate of drug-likeness (QED) is 0.119. The Bertz CT molecular complexity index is 2630. The van der Waals surface area contributed by atoms with E-state index in [1.165, 1.54) is 70.8 Å². The van der Waals surface area contributed by atoms with E-state index in [-0.39, 0.29) is 11.2 Å². The van der Waals surface area contributed by atoms with Gasteiger partial charge in [0.05, 0.1) is 5.52 Å². The maximum absolute atomic E-state index is 13.9. The van der Waals surface area contributed by atoms with Gasteiger partial charge >= 0.3 is 0 Å². The van der Waals surface area contributed by atoms with Crippen LogP contribution in [0.15, 0.2) is 176 Å². The maximum atomic E-state index is 13.9. The van der Waals surface area contributed by atoms with Crippen LogP contribution >= 0.6 is 0 Å². The lowest BCUT2D eigenvalue weighted by atomic mass is 9.81. The first-order valence-electron chi connectivity index (χ1n) is 19.0. The molecular formula is C51H40FNSi. The molecule has 2 aliphatic carbocycles. The van der Waals surface area contributed by atoms with Crippen molar-refractivity contribution in [2.45, 2.75) is 32.1 Å². The van der Waals surface area contributed by atoms with Crippen LogP contribution in [-0.2, 0) is 11.8 Å². The second-order valence-corrected chi connectivity index (χ2v) is 19.1. The fourth-order valence-electron chi connectivity index (χ4n) is 9.50. The molecule has 1 heterocycles. The second kappa shape index (κ2) is 12.5. The zero-order valence-electron chi connectivity index (χ0n) is 30.6. The molecule has 10 rings (SSSR count). The van der Waals surface area contributed by atoms with Crippen LogP contribution in [0.1, 0.15) is 42.7 Å². The molecule has 0 saturated heterocycles. The van der Waals surface area contributed by atoms with Crippen LogP contribution in [0, 0.1) is 5.82 Å². The monoisotopic (exact) mass is 713 g/mol. The summed E-state index contributed by atoms with van der Waals surface area (Å²) in [6.45, 7) is 4.80. The lowest BCUT2D eigenvalue weighted by Crippen LogP contribution is -2.74. The van der Waals surface area contributed by atoms with Gasteiger partial charge in [0.2, 0.25) is 0 Å². The normalized spacial score (nSPS) is 14.1. The summed E-state index contributed by atoms with van der Waals surface area (Å²) in [5.41, 5.74) is 12.4. The van der Waals surface area contributed by atoms with Gasteiger partial charge in [-0.15, -0.1) is 0 Å². The molecule has 3 heteroatoms. The summed E-state index contributed by atoms with van der Waals surface area (Å²) in [5, 5.41) is 6.80. The SMILES string of the molecule is CC1(C)c2cc(-c3ccc4c(c3)c3c(n4-c4ccc(F)cc4)CCC=C3)ccc2-c2ccc([Si](c3ccccc3)(c3ccccc3)c3ccccc3)cc21. The van der Waals surface area contributed by atoms with Gasteiger partial charge in [-0.05, 0) is 109 Å². The van der Waals surface area contributed by atoms with E-state index in [0.717, 1.165) is 24.0 Å².